The SMILES string of the molecule is CC(C)(C)OC=O.CN(Cc1csc(C2CCNCC2)n1)c1ccc(S(C)(=O)=O)cc1. The molecule has 1 aromatic carbocycles. The van der Waals surface area contributed by atoms with Gasteiger partial charge in [-0.15, -0.1) is 11.3 Å². The molecule has 7 nitrogen and oxygen atoms in total. The summed E-state index contributed by atoms with van der Waals surface area (Å²) in [5.74, 6) is 0.587. The highest BCUT2D eigenvalue weighted by Crippen LogP contribution is 2.28. The largest absolute Gasteiger partial charge is 0.462 e. The summed E-state index contributed by atoms with van der Waals surface area (Å²) >= 11 is 1.75. The topological polar surface area (TPSA) is 88.6 Å². The number of thiazole rings is 1. The lowest BCUT2D eigenvalue weighted by molar-refractivity contribution is -0.138. The van der Waals surface area contributed by atoms with Gasteiger partial charge in [0, 0.05) is 30.3 Å². The van der Waals surface area contributed by atoms with Crippen LogP contribution in [0.25, 0.3) is 0 Å². The van der Waals surface area contributed by atoms with E-state index >= 15 is 0 Å². The molecule has 0 amide bonds. The van der Waals surface area contributed by atoms with Crippen LogP contribution in [0.2, 0.25) is 0 Å². The average Bonchev–Trinajstić information content (AvgIpc) is 3.16. The van der Waals surface area contributed by atoms with Crippen LogP contribution in [-0.4, -0.2) is 51.9 Å². The van der Waals surface area contributed by atoms with Gasteiger partial charge in [-0.25, -0.2) is 13.4 Å². The van der Waals surface area contributed by atoms with Crippen molar-refractivity contribution in [1.29, 1.82) is 0 Å². The van der Waals surface area contributed by atoms with Crippen LogP contribution in [0, 0.1) is 0 Å². The van der Waals surface area contributed by atoms with Crippen molar-refractivity contribution in [3.63, 3.8) is 0 Å². The first-order chi connectivity index (χ1) is 14.5. The number of carbonyl (C=O) groups is 1. The van der Waals surface area contributed by atoms with Crippen molar-refractivity contribution in [1.82, 2.24) is 10.3 Å². The third kappa shape index (κ3) is 8.59. The zero-order chi connectivity index (χ0) is 23.1. The minimum Gasteiger partial charge on any atom is -0.462 e. The Morgan fingerprint density at radius 3 is 2.32 bits per heavy atom. The molecule has 2 heterocycles. The highest BCUT2D eigenvalue weighted by Gasteiger charge is 2.19. The molecule has 1 aromatic heterocycles. The van der Waals surface area contributed by atoms with E-state index in [0.29, 0.717) is 17.3 Å². The number of hydrogen-bond donors (Lipinski definition) is 1. The maximum absolute atomic E-state index is 11.5. The van der Waals surface area contributed by atoms with Gasteiger partial charge >= 0.3 is 0 Å². The lowest BCUT2D eigenvalue weighted by Crippen LogP contribution is -2.26. The second-order valence-corrected chi connectivity index (χ2v) is 11.6. The smallest absolute Gasteiger partial charge is 0.293 e. The number of ether oxygens (including phenoxy) is 1. The lowest BCUT2D eigenvalue weighted by Gasteiger charge is -2.20. The Bertz CT molecular complexity index is 928. The molecule has 1 aliphatic rings. The van der Waals surface area contributed by atoms with E-state index in [2.05, 4.69) is 20.3 Å². The summed E-state index contributed by atoms with van der Waals surface area (Å²) in [4.78, 5) is 16.8. The molecule has 31 heavy (non-hydrogen) atoms. The molecule has 0 spiro atoms. The van der Waals surface area contributed by atoms with Gasteiger partial charge in [-0.05, 0) is 71.0 Å². The number of hydrogen-bond acceptors (Lipinski definition) is 8. The molecule has 0 aliphatic carbocycles. The monoisotopic (exact) mass is 467 g/mol. The molecule has 1 fully saturated rings. The third-order valence-electron chi connectivity index (χ3n) is 4.76. The number of nitrogens with one attached hydrogen (secondary N) is 1. The minimum absolute atomic E-state index is 0.318. The minimum atomic E-state index is -3.15. The molecule has 0 radical (unpaired) electrons. The summed E-state index contributed by atoms with van der Waals surface area (Å²) < 4.78 is 27.6. The number of carbonyl (C=O) groups excluding carboxylic acids is 1. The van der Waals surface area contributed by atoms with E-state index < -0.39 is 9.84 Å². The van der Waals surface area contributed by atoms with Gasteiger partial charge in [-0.3, -0.25) is 4.79 Å². The predicted molar refractivity (Wildman–Crippen MR) is 126 cm³/mol. The van der Waals surface area contributed by atoms with Crippen molar-refractivity contribution in [3.05, 3.63) is 40.3 Å². The fourth-order valence-electron chi connectivity index (χ4n) is 3.08. The molecule has 1 aliphatic heterocycles. The molecule has 0 atom stereocenters. The Kier molecular flexibility index (Phi) is 9.02. The molecule has 3 rings (SSSR count). The summed E-state index contributed by atoms with van der Waals surface area (Å²) in [7, 11) is -1.15. The van der Waals surface area contributed by atoms with Crippen molar-refractivity contribution in [2.75, 3.05) is 31.3 Å². The number of rotatable bonds is 6. The van der Waals surface area contributed by atoms with Gasteiger partial charge in [-0.2, -0.15) is 0 Å². The van der Waals surface area contributed by atoms with Crippen molar-refractivity contribution in [2.45, 2.75) is 56.6 Å². The number of nitrogens with zero attached hydrogens (tertiary/aromatic N) is 2. The van der Waals surface area contributed by atoms with Crippen LogP contribution in [0.5, 0.6) is 0 Å². The molecule has 1 N–H and O–H groups in total. The van der Waals surface area contributed by atoms with Crippen LogP contribution in [0.15, 0.2) is 34.5 Å². The normalized spacial score (nSPS) is 15.0. The van der Waals surface area contributed by atoms with Crippen LogP contribution in [-0.2, 0) is 25.9 Å². The highest BCUT2D eigenvalue weighted by molar-refractivity contribution is 7.90. The van der Waals surface area contributed by atoms with Crippen LogP contribution >= 0.6 is 11.3 Å². The first kappa shape index (κ1) is 25.3. The van der Waals surface area contributed by atoms with Crippen molar-refractivity contribution in [2.24, 2.45) is 0 Å². The molecular formula is C22H33N3O4S2. The fraction of sp³-hybridized carbons (Fsp3) is 0.545. The Hall–Kier alpha value is -1.97. The van der Waals surface area contributed by atoms with Crippen molar-refractivity contribution < 1.29 is 17.9 Å². The van der Waals surface area contributed by atoms with Crippen LogP contribution < -0.4 is 10.2 Å². The molecule has 1 saturated heterocycles. The Morgan fingerprint density at radius 2 is 1.84 bits per heavy atom. The molecule has 2 aromatic rings. The molecule has 0 saturated carbocycles. The number of piperidine rings is 1. The summed E-state index contributed by atoms with van der Waals surface area (Å²) in [5.41, 5.74) is 1.74. The van der Waals surface area contributed by atoms with E-state index in [1.807, 2.05) is 40.0 Å². The molecule has 9 heteroatoms. The molecule has 0 unspecified atom stereocenters. The van der Waals surface area contributed by atoms with E-state index in [1.54, 1.807) is 23.5 Å². The summed E-state index contributed by atoms with van der Waals surface area (Å²) in [6.45, 7) is 8.79. The van der Waals surface area contributed by atoms with Gasteiger partial charge in [0.25, 0.3) is 6.47 Å². The van der Waals surface area contributed by atoms with Gasteiger partial charge < -0.3 is 15.0 Å². The van der Waals surface area contributed by atoms with E-state index in [1.165, 1.54) is 11.3 Å². The maximum atomic E-state index is 11.5. The zero-order valence-electron chi connectivity index (χ0n) is 18.9. The van der Waals surface area contributed by atoms with Gasteiger partial charge in [-0.1, -0.05) is 0 Å². The fourth-order valence-corrected chi connectivity index (χ4v) is 4.69. The van der Waals surface area contributed by atoms with E-state index in [0.717, 1.165) is 43.9 Å². The maximum Gasteiger partial charge on any atom is 0.293 e. The van der Waals surface area contributed by atoms with Gasteiger partial charge in [0.2, 0.25) is 0 Å². The van der Waals surface area contributed by atoms with E-state index in [-0.39, 0.29) is 5.60 Å². The first-order valence-electron chi connectivity index (χ1n) is 10.3. The molecular weight excluding hydrogens is 434 g/mol. The Labute approximate surface area is 189 Å². The highest BCUT2D eigenvalue weighted by atomic mass is 32.2. The number of anilines is 1. The Balaban J connectivity index is 0.000000423. The summed E-state index contributed by atoms with van der Waals surface area (Å²) in [6, 6.07) is 7.00. The van der Waals surface area contributed by atoms with Crippen LogP contribution in [0.4, 0.5) is 5.69 Å². The average molecular weight is 468 g/mol. The van der Waals surface area contributed by atoms with Gasteiger partial charge in [0.05, 0.1) is 22.1 Å². The Morgan fingerprint density at radius 1 is 1.23 bits per heavy atom. The number of sulfone groups is 1. The molecule has 0 bridgehead atoms. The van der Waals surface area contributed by atoms with E-state index in [4.69, 9.17) is 4.98 Å². The second kappa shape index (κ2) is 11.1. The number of benzene rings is 1. The predicted octanol–water partition coefficient (Wildman–Crippen LogP) is 3.61. The molecule has 172 valence electrons. The van der Waals surface area contributed by atoms with Gasteiger partial charge in [0.1, 0.15) is 5.60 Å². The second-order valence-electron chi connectivity index (χ2n) is 8.65. The van der Waals surface area contributed by atoms with E-state index in [9.17, 15) is 13.2 Å². The lowest BCUT2D eigenvalue weighted by atomic mass is 9.99. The quantitative estimate of drug-likeness (QED) is 0.649. The standard InChI is InChI=1S/C17H23N3O2S2.C5H10O2/c1-20(15-3-5-16(6-4-15)24(2,21)22)11-14-12-23-17(19-14)13-7-9-18-10-8-13;1-5(2,3)7-4-6/h3-6,12-13,18H,7-11H2,1-2H3;4H,1-3H3. The van der Waals surface area contributed by atoms with Crippen LogP contribution in [0.3, 0.4) is 0 Å². The number of aromatic nitrogens is 1. The third-order valence-corrected chi connectivity index (χ3v) is 6.95. The van der Waals surface area contributed by atoms with Crippen molar-refractivity contribution >= 4 is 33.3 Å². The summed E-state index contributed by atoms with van der Waals surface area (Å²) in [6.07, 6.45) is 3.55. The van der Waals surface area contributed by atoms with Gasteiger partial charge in [0.15, 0.2) is 9.84 Å². The van der Waals surface area contributed by atoms with Crippen LogP contribution in [0.1, 0.15) is 50.2 Å². The zero-order valence-corrected chi connectivity index (χ0v) is 20.6. The summed E-state index contributed by atoms with van der Waals surface area (Å²) in [5, 5.41) is 6.77. The van der Waals surface area contributed by atoms with Crippen molar-refractivity contribution in [3.8, 4) is 0 Å². The first-order valence-corrected chi connectivity index (χ1v) is 13.0.